The molecule has 1 aromatic carbocycles. The Balaban J connectivity index is 2.25. The lowest BCUT2D eigenvalue weighted by atomic mass is 10.2. The number of urea groups is 1. The fourth-order valence-electron chi connectivity index (χ4n) is 1.41. The molecule has 1 rings (SSSR count). The molecule has 1 aromatic rings. The molecule has 0 unspecified atom stereocenters. The number of carbonyl (C=O) groups is 1. The molecule has 2 amide bonds. The number of thioether (sulfide) groups is 1. The van der Waals surface area contributed by atoms with Crippen LogP contribution in [0.3, 0.4) is 0 Å². The van der Waals surface area contributed by atoms with E-state index in [0.29, 0.717) is 0 Å². The molecule has 4 nitrogen and oxygen atoms in total. The van der Waals surface area contributed by atoms with Gasteiger partial charge in [0.2, 0.25) is 0 Å². The van der Waals surface area contributed by atoms with Crippen molar-refractivity contribution in [3.63, 3.8) is 0 Å². The van der Waals surface area contributed by atoms with Gasteiger partial charge in [0.05, 0.1) is 6.10 Å². The SMILES string of the molecule is Cc1ccc(SC[C@@H](C)NC(=O)NC[C@@H](C)O)cc1. The van der Waals surface area contributed by atoms with E-state index in [1.165, 1.54) is 10.5 Å². The van der Waals surface area contributed by atoms with Crippen LogP contribution < -0.4 is 10.6 Å². The lowest BCUT2D eigenvalue weighted by Crippen LogP contribution is -2.43. The Morgan fingerprint density at radius 1 is 1.32 bits per heavy atom. The first-order chi connectivity index (χ1) is 8.97. The van der Waals surface area contributed by atoms with Gasteiger partial charge in [-0.15, -0.1) is 11.8 Å². The van der Waals surface area contributed by atoms with Gasteiger partial charge in [-0.3, -0.25) is 0 Å². The first-order valence-corrected chi connectivity index (χ1v) is 7.38. The van der Waals surface area contributed by atoms with Crippen LogP contribution in [0.2, 0.25) is 0 Å². The summed E-state index contributed by atoms with van der Waals surface area (Å²) in [6, 6.07) is 8.16. The summed E-state index contributed by atoms with van der Waals surface area (Å²) < 4.78 is 0. The van der Waals surface area contributed by atoms with Crippen molar-refractivity contribution in [1.82, 2.24) is 10.6 Å². The third kappa shape index (κ3) is 7.08. The quantitative estimate of drug-likeness (QED) is 0.701. The lowest BCUT2D eigenvalue weighted by molar-refractivity contribution is 0.187. The zero-order chi connectivity index (χ0) is 14.3. The number of nitrogens with one attached hydrogen (secondary N) is 2. The number of aryl methyl sites for hydroxylation is 1. The van der Waals surface area contributed by atoms with E-state index in [2.05, 4.69) is 41.8 Å². The zero-order valence-electron chi connectivity index (χ0n) is 11.6. The predicted molar refractivity (Wildman–Crippen MR) is 79.6 cm³/mol. The second-order valence-corrected chi connectivity index (χ2v) is 5.82. The van der Waals surface area contributed by atoms with E-state index >= 15 is 0 Å². The second-order valence-electron chi connectivity index (χ2n) is 4.73. The van der Waals surface area contributed by atoms with E-state index in [4.69, 9.17) is 5.11 Å². The largest absolute Gasteiger partial charge is 0.392 e. The summed E-state index contributed by atoms with van der Waals surface area (Å²) in [5, 5.41) is 14.5. The van der Waals surface area contributed by atoms with Gasteiger partial charge in [0.25, 0.3) is 0 Å². The van der Waals surface area contributed by atoms with E-state index in [1.54, 1.807) is 18.7 Å². The number of aliphatic hydroxyl groups is 1. The highest BCUT2D eigenvalue weighted by Gasteiger charge is 2.08. The molecule has 0 saturated heterocycles. The van der Waals surface area contributed by atoms with Crippen LogP contribution in [0.25, 0.3) is 0 Å². The highest BCUT2D eigenvalue weighted by atomic mass is 32.2. The van der Waals surface area contributed by atoms with Gasteiger partial charge in [-0.2, -0.15) is 0 Å². The minimum Gasteiger partial charge on any atom is -0.392 e. The van der Waals surface area contributed by atoms with Gasteiger partial charge in [-0.25, -0.2) is 4.79 Å². The summed E-state index contributed by atoms with van der Waals surface area (Å²) in [6.45, 7) is 5.93. The Morgan fingerprint density at radius 3 is 2.53 bits per heavy atom. The molecule has 0 bridgehead atoms. The number of aliphatic hydroxyl groups excluding tert-OH is 1. The fourth-order valence-corrected chi connectivity index (χ4v) is 2.27. The average Bonchev–Trinajstić information content (AvgIpc) is 2.36. The third-order valence-corrected chi connectivity index (χ3v) is 3.73. The van der Waals surface area contributed by atoms with Crippen LogP contribution >= 0.6 is 11.8 Å². The fraction of sp³-hybridized carbons (Fsp3) is 0.500. The summed E-state index contributed by atoms with van der Waals surface area (Å²) >= 11 is 1.71. The van der Waals surface area contributed by atoms with Gasteiger partial charge in [-0.1, -0.05) is 17.7 Å². The molecule has 0 spiro atoms. The van der Waals surface area contributed by atoms with Crippen LogP contribution in [0, 0.1) is 6.92 Å². The van der Waals surface area contributed by atoms with Crippen molar-refractivity contribution >= 4 is 17.8 Å². The maximum atomic E-state index is 11.5. The second kappa shape index (κ2) is 8.07. The lowest BCUT2D eigenvalue weighted by Gasteiger charge is -2.15. The van der Waals surface area contributed by atoms with Crippen molar-refractivity contribution in [3.8, 4) is 0 Å². The van der Waals surface area contributed by atoms with Gasteiger partial charge in [0.1, 0.15) is 0 Å². The van der Waals surface area contributed by atoms with E-state index in [1.807, 2.05) is 6.92 Å². The standard InChI is InChI=1S/C14H22N2O2S/c1-10-4-6-13(7-5-10)19-9-11(2)16-14(18)15-8-12(3)17/h4-7,11-12,17H,8-9H2,1-3H3,(H2,15,16,18)/t11-,12-/m1/s1. The number of rotatable bonds is 6. The van der Waals surface area contributed by atoms with E-state index in [-0.39, 0.29) is 18.6 Å². The molecule has 0 aliphatic carbocycles. The highest BCUT2D eigenvalue weighted by Crippen LogP contribution is 2.18. The number of hydrogen-bond acceptors (Lipinski definition) is 3. The predicted octanol–water partition coefficient (Wildman–Crippen LogP) is 2.16. The number of hydrogen-bond donors (Lipinski definition) is 3. The maximum absolute atomic E-state index is 11.5. The Kier molecular flexibility index (Phi) is 6.73. The molecular weight excluding hydrogens is 260 g/mol. The summed E-state index contributed by atoms with van der Waals surface area (Å²) in [5.41, 5.74) is 1.24. The van der Waals surface area contributed by atoms with Gasteiger partial charge in [-0.05, 0) is 32.9 Å². The van der Waals surface area contributed by atoms with Crippen LogP contribution in [0.5, 0.6) is 0 Å². The van der Waals surface area contributed by atoms with Crippen LogP contribution in [0.4, 0.5) is 4.79 Å². The average molecular weight is 282 g/mol. The molecule has 0 aliphatic rings. The van der Waals surface area contributed by atoms with E-state index < -0.39 is 6.10 Å². The first-order valence-electron chi connectivity index (χ1n) is 6.39. The van der Waals surface area contributed by atoms with Gasteiger partial charge in [0.15, 0.2) is 0 Å². The van der Waals surface area contributed by atoms with Gasteiger partial charge in [0, 0.05) is 23.2 Å². The highest BCUT2D eigenvalue weighted by molar-refractivity contribution is 7.99. The summed E-state index contributed by atoms with van der Waals surface area (Å²) in [6.07, 6.45) is -0.525. The molecule has 3 N–H and O–H groups in total. The topological polar surface area (TPSA) is 61.4 Å². The van der Waals surface area contributed by atoms with Crippen molar-refractivity contribution in [3.05, 3.63) is 29.8 Å². The Labute approximate surface area is 119 Å². The Bertz CT molecular complexity index is 393. The smallest absolute Gasteiger partial charge is 0.315 e. The van der Waals surface area contributed by atoms with Crippen LogP contribution in [-0.4, -0.2) is 35.6 Å². The number of amides is 2. The number of benzene rings is 1. The minimum atomic E-state index is -0.525. The molecule has 0 fully saturated rings. The van der Waals surface area contributed by atoms with Gasteiger partial charge >= 0.3 is 6.03 Å². The Hall–Kier alpha value is -1.20. The maximum Gasteiger partial charge on any atom is 0.315 e. The van der Waals surface area contributed by atoms with Crippen molar-refractivity contribution in [1.29, 1.82) is 0 Å². The molecule has 5 heteroatoms. The van der Waals surface area contributed by atoms with E-state index in [0.717, 1.165) is 5.75 Å². The van der Waals surface area contributed by atoms with E-state index in [9.17, 15) is 4.79 Å². The first kappa shape index (κ1) is 15.9. The molecular formula is C14H22N2O2S. The molecule has 0 heterocycles. The monoisotopic (exact) mass is 282 g/mol. The van der Waals surface area contributed by atoms with Gasteiger partial charge < -0.3 is 15.7 Å². The molecule has 0 radical (unpaired) electrons. The minimum absolute atomic E-state index is 0.0697. The molecule has 0 aliphatic heterocycles. The van der Waals surface area contributed by atoms with Crippen molar-refractivity contribution in [2.24, 2.45) is 0 Å². The van der Waals surface area contributed by atoms with Crippen molar-refractivity contribution in [2.75, 3.05) is 12.3 Å². The zero-order valence-corrected chi connectivity index (χ0v) is 12.5. The molecule has 19 heavy (non-hydrogen) atoms. The van der Waals surface area contributed by atoms with Crippen LogP contribution in [-0.2, 0) is 0 Å². The van der Waals surface area contributed by atoms with Crippen LogP contribution in [0.1, 0.15) is 19.4 Å². The van der Waals surface area contributed by atoms with Crippen molar-refractivity contribution < 1.29 is 9.90 Å². The van der Waals surface area contributed by atoms with Crippen molar-refractivity contribution in [2.45, 2.75) is 37.8 Å². The van der Waals surface area contributed by atoms with Crippen LogP contribution in [0.15, 0.2) is 29.2 Å². The normalized spacial score (nSPS) is 13.7. The summed E-state index contributed by atoms with van der Waals surface area (Å²) in [4.78, 5) is 12.7. The molecule has 2 atom stereocenters. The molecule has 106 valence electrons. The third-order valence-electron chi connectivity index (χ3n) is 2.46. The summed E-state index contributed by atoms with van der Waals surface area (Å²) in [5.74, 6) is 0.811. The molecule has 0 aromatic heterocycles. The summed E-state index contributed by atoms with van der Waals surface area (Å²) in [7, 11) is 0. The Morgan fingerprint density at radius 2 is 1.95 bits per heavy atom. The molecule has 0 saturated carbocycles. The number of carbonyl (C=O) groups excluding carboxylic acids is 1.